The van der Waals surface area contributed by atoms with E-state index in [1.165, 1.54) is 19.2 Å². The van der Waals surface area contributed by atoms with E-state index < -0.39 is 5.97 Å². The molecule has 1 aromatic rings. The van der Waals surface area contributed by atoms with Gasteiger partial charge in [-0.15, -0.1) is 0 Å². The highest BCUT2D eigenvalue weighted by molar-refractivity contribution is 5.85. The van der Waals surface area contributed by atoms with Crippen LogP contribution in [0.2, 0.25) is 0 Å². The first-order chi connectivity index (χ1) is 6.17. The van der Waals surface area contributed by atoms with E-state index in [1.54, 1.807) is 6.07 Å². The molecule has 1 aromatic heterocycles. The van der Waals surface area contributed by atoms with Crippen molar-refractivity contribution in [3.05, 3.63) is 23.5 Å². The maximum absolute atomic E-state index is 10.5. The van der Waals surface area contributed by atoms with Crippen LogP contribution in [-0.4, -0.2) is 23.2 Å². The number of ether oxygens (including phenoxy) is 1. The molecule has 0 spiro atoms. The highest BCUT2D eigenvalue weighted by Crippen LogP contribution is 2.12. The quantitative estimate of drug-likeness (QED) is 0.719. The molecule has 0 aromatic carbocycles. The van der Waals surface area contributed by atoms with E-state index in [0.29, 0.717) is 5.75 Å². The summed E-state index contributed by atoms with van der Waals surface area (Å²) in [5.74, 6) is -0.876. The highest BCUT2D eigenvalue weighted by Gasteiger charge is 2.08. The van der Waals surface area contributed by atoms with Gasteiger partial charge in [0.2, 0.25) is 0 Å². The molecule has 66 valence electrons. The highest BCUT2D eigenvalue weighted by atomic mass is 16.5. The van der Waals surface area contributed by atoms with Gasteiger partial charge in [0.25, 0.3) is 0 Å². The molecule has 0 saturated heterocycles. The van der Waals surface area contributed by atoms with Crippen molar-refractivity contribution in [2.45, 2.75) is 0 Å². The van der Waals surface area contributed by atoms with E-state index in [1.807, 2.05) is 0 Å². The Hall–Kier alpha value is -2.09. The van der Waals surface area contributed by atoms with Crippen LogP contribution in [0.1, 0.15) is 16.2 Å². The lowest BCUT2D eigenvalue weighted by molar-refractivity contribution is 0.0690. The van der Waals surface area contributed by atoms with Crippen LogP contribution in [0.3, 0.4) is 0 Å². The predicted octanol–water partition coefficient (Wildman–Crippen LogP) is 0.660. The predicted molar refractivity (Wildman–Crippen MR) is 42.5 cm³/mol. The van der Waals surface area contributed by atoms with Gasteiger partial charge in [-0.1, -0.05) is 0 Å². The van der Waals surface area contributed by atoms with Gasteiger partial charge in [0, 0.05) is 12.1 Å². The Labute approximate surface area is 74.2 Å². The van der Waals surface area contributed by atoms with Crippen molar-refractivity contribution in [1.29, 1.82) is 5.26 Å². The van der Waals surface area contributed by atoms with Crippen molar-refractivity contribution in [1.82, 2.24) is 4.98 Å². The number of hydrogen-bond donors (Lipinski definition) is 1. The summed E-state index contributed by atoms with van der Waals surface area (Å²) < 4.78 is 4.79. The van der Waals surface area contributed by atoms with Crippen molar-refractivity contribution < 1.29 is 14.6 Å². The van der Waals surface area contributed by atoms with Crippen molar-refractivity contribution in [2.75, 3.05) is 7.11 Å². The fraction of sp³-hybridized carbons (Fsp3) is 0.125. The van der Waals surface area contributed by atoms with Gasteiger partial charge in [0.05, 0.1) is 7.11 Å². The first-order valence-corrected chi connectivity index (χ1v) is 3.37. The zero-order chi connectivity index (χ0) is 9.84. The van der Waals surface area contributed by atoms with Gasteiger partial charge in [0.1, 0.15) is 17.5 Å². The van der Waals surface area contributed by atoms with Gasteiger partial charge < -0.3 is 9.84 Å². The summed E-state index contributed by atoms with van der Waals surface area (Å²) in [6.45, 7) is 0. The molecule has 0 saturated carbocycles. The van der Waals surface area contributed by atoms with Crippen molar-refractivity contribution in [3.8, 4) is 11.8 Å². The Kier molecular flexibility index (Phi) is 2.45. The van der Waals surface area contributed by atoms with Crippen LogP contribution >= 0.6 is 0 Å². The van der Waals surface area contributed by atoms with E-state index in [9.17, 15) is 4.79 Å². The molecule has 1 heterocycles. The Morgan fingerprint density at radius 1 is 1.69 bits per heavy atom. The van der Waals surface area contributed by atoms with E-state index in [4.69, 9.17) is 15.1 Å². The summed E-state index contributed by atoms with van der Waals surface area (Å²) in [5.41, 5.74) is -0.173. The second-order valence-corrected chi connectivity index (χ2v) is 2.19. The first-order valence-electron chi connectivity index (χ1n) is 3.37. The standard InChI is InChI=1S/C8H6N2O3/c1-13-6-2-5(4-9)10-7(3-6)8(11)12/h2-3H,1H3,(H,11,12). The van der Waals surface area contributed by atoms with Crippen LogP contribution in [0, 0.1) is 11.3 Å². The molecule has 0 fully saturated rings. The summed E-state index contributed by atoms with van der Waals surface area (Å²) in [7, 11) is 1.39. The molecule has 13 heavy (non-hydrogen) atoms. The number of methoxy groups -OCH3 is 1. The minimum absolute atomic E-state index is 0.0248. The number of hydrogen-bond acceptors (Lipinski definition) is 4. The molecule has 0 aliphatic carbocycles. The van der Waals surface area contributed by atoms with Crippen molar-refractivity contribution in [3.63, 3.8) is 0 Å². The van der Waals surface area contributed by atoms with Crippen LogP contribution in [0.4, 0.5) is 0 Å². The van der Waals surface area contributed by atoms with Gasteiger partial charge in [-0.2, -0.15) is 5.26 Å². The molecule has 0 amide bonds. The van der Waals surface area contributed by atoms with E-state index >= 15 is 0 Å². The fourth-order valence-corrected chi connectivity index (χ4v) is 0.790. The molecular weight excluding hydrogens is 172 g/mol. The van der Waals surface area contributed by atoms with Gasteiger partial charge in [-0.3, -0.25) is 0 Å². The molecule has 0 aliphatic rings. The normalized spacial score (nSPS) is 8.92. The van der Waals surface area contributed by atoms with E-state index in [0.717, 1.165) is 0 Å². The first kappa shape index (κ1) is 9.00. The largest absolute Gasteiger partial charge is 0.497 e. The summed E-state index contributed by atoms with van der Waals surface area (Å²) in [5, 5.41) is 17.1. The smallest absolute Gasteiger partial charge is 0.354 e. The summed E-state index contributed by atoms with van der Waals surface area (Å²) in [4.78, 5) is 14.1. The minimum Gasteiger partial charge on any atom is -0.497 e. The number of aromatic nitrogens is 1. The van der Waals surface area contributed by atoms with Crippen LogP contribution in [0.5, 0.6) is 5.75 Å². The minimum atomic E-state index is -1.18. The van der Waals surface area contributed by atoms with E-state index in [2.05, 4.69) is 4.98 Å². The molecule has 5 heteroatoms. The Bertz CT molecular complexity index is 381. The monoisotopic (exact) mass is 178 g/mol. The topological polar surface area (TPSA) is 83.2 Å². The Morgan fingerprint density at radius 3 is 2.85 bits per heavy atom. The number of aromatic carboxylic acids is 1. The Balaban J connectivity index is 3.24. The number of nitriles is 1. The number of pyridine rings is 1. The SMILES string of the molecule is COc1cc(C#N)nc(C(=O)O)c1. The fourth-order valence-electron chi connectivity index (χ4n) is 0.790. The molecule has 0 radical (unpaired) electrons. The van der Waals surface area contributed by atoms with Crippen molar-refractivity contribution >= 4 is 5.97 Å². The molecule has 0 unspecified atom stereocenters. The number of nitrogens with zero attached hydrogens (tertiary/aromatic N) is 2. The van der Waals surface area contributed by atoms with Crippen LogP contribution in [0.25, 0.3) is 0 Å². The van der Waals surface area contributed by atoms with Gasteiger partial charge >= 0.3 is 5.97 Å². The molecule has 5 nitrogen and oxygen atoms in total. The summed E-state index contributed by atoms with van der Waals surface area (Å²) in [6, 6.07) is 4.36. The summed E-state index contributed by atoms with van der Waals surface area (Å²) >= 11 is 0. The van der Waals surface area contributed by atoms with Gasteiger partial charge in [-0.25, -0.2) is 9.78 Å². The van der Waals surface area contributed by atoms with Crippen LogP contribution in [0.15, 0.2) is 12.1 Å². The number of rotatable bonds is 2. The second-order valence-electron chi connectivity index (χ2n) is 2.19. The average molecular weight is 178 g/mol. The van der Waals surface area contributed by atoms with Gasteiger partial charge in [0.15, 0.2) is 5.69 Å². The molecule has 1 rings (SSSR count). The average Bonchev–Trinajstić information content (AvgIpc) is 2.16. The van der Waals surface area contributed by atoms with Crippen LogP contribution in [-0.2, 0) is 0 Å². The lowest BCUT2D eigenvalue weighted by Crippen LogP contribution is -2.02. The second kappa shape index (κ2) is 3.54. The lowest BCUT2D eigenvalue weighted by Gasteiger charge is -2.00. The zero-order valence-electron chi connectivity index (χ0n) is 6.81. The zero-order valence-corrected chi connectivity index (χ0v) is 6.81. The number of carbonyl (C=O) groups is 1. The Morgan fingerprint density at radius 2 is 2.38 bits per heavy atom. The maximum atomic E-state index is 10.5. The molecule has 0 bridgehead atoms. The molecular formula is C8H6N2O3. The number of carboxylic acids is 1. The molecule has 1 N–H and O–H groups in total. The lowest BCUT2D eigenvalue weighted by atomic mass is 10.3. The maximum Gasteiger partial charge on any atom is 0.354 e. The molecule has 0 atom stereocenters. The third kappa shape index (κ3) is 1.93. The van der Waals surface area contributed by atoms with Crippen LogP contribution < -0.4 is 4.74 Å². The van der Waals surface area contributed by atoms with E-state index in [-0.39, 0.29) is 11.4 Å². The number of carboxylic acid groups (broad SMARTS) is 1. The third-order valence-electron chi connectivity index (χ3n) is 1.37. The van der Waals surface area contributed by atoms with Crippen molar-refractivity contribution in [2.24, 2.45) is 0 Å². The summed E-state index contributed by atoms with van der Waals surface area (Å²) in [6.07, 6.45) is 0. The molecule has 0 aliphatic heterocycles. The van der Waals surface area contributed by atoms with Gasteiger partial charge in [-0.05, 0) is 0 Å². The third-order valence-corrected chi connectivity index (χ3v) is 1.37.